The molecule has 3 heterocycles. The van der Waals surface area contributed by atoms with Crippen LogP contribution in [0.25, 0.3) is 6.08 Å². The maximum Gasteiger partial charge on any atom is 0.269 e. The fourth-order valence-corrected chi connectivity index (χ4v) is 4.61. The van der Waals surface area contributed by atoms with Gasteiger partial charge in [0, 0.05) is 41.2 Å². The highest BCUT2D eigenvalue weighted by Crippen LogP contribution is 2.43. The SMILES string of the molecule is Cc1c2c(cc3c1O/C(=C\c1ccc([N+](=O)[O-])cc1)C3=O)CN(Cc1cccs1)CO2. The Balaban J connectivity index is 1.42. The van der Waals surface area contributed by atoms with Gasteiger partial charge in [-0.05, 0) is 48.2 Å². The van der Waals surface area contributed by atoms with Crippen LogP contribution in [0, 0.1) is 17.0 Å². The van der Waals surface area contributed by atoms with E-state index in [4.69, 9.17) is 9.47 Å². The first-order chi connectivity index (χ1) is 15.0. The van der Waals surface area contributed by atoms with Gasteiger partial charge < -0.3 is 9.47 Å². The second kappa shape index (κ2) is 7.64. The molecule has 3 aromatic rings. The van der Waals surface area contributed by atoms with Gasteiger partial charge in [-0.15, -0.1) is 11.3 Å². The van der Waals surface area contributed by atoms with Gasteiger partial charge in [0.25, 0.3) is 5.69 Å². The van der Waals surface area contributed by atoms with Crippen LogP contribution < -0.4 is 9.47 Å². The number of hydrogen-bond donors (Lipinski definition) is 0. The monoisotopic (exact) mass is 434 g/mol. The van der Waals surface area contributed by atoms with Gasteiger partial charge in [0.2, 0.25) is 5.78 Å². The summed E-state index contributed by atoms with van der Waals surface area (Å²) in [6.45, 7) is 3.86. The molecule has 0 amide bonds. The third-order valence-corrected chi connectivity index (χ3v) is 6.22. The molecule has 1 aromatic heterocycles. The first-order valence-corrected chi connectivity index (χ1v) is 10.6. The minimum absolute atomic E-state index is 0.00289. The summed E-state index contributed by atoms with van der Waals surface area (Å²) in [5, 5.41) is 12.9. The molecule has 0 radical (unpaired) electrons. The summed E-state index contributed by atoms with van der Waals surface area (Å²) < 4.78 is 11.9. The highest BCUT2D eigenvalue weighted by molar-refractivity contribution is 7.09. The van der Waals surface area contributed by atoms with E-state index in [1.54, 1.807) is 29.5 Å². The molecule has 8 heteroatoms. The van der Waals surface area contributed by atoms with E-state index in [1.807, 2.05) is 19.1 Å². The predicted molar refractivity (Wildman–Crippen MR) is 116 cm³/mol. The molecule has 0 atom stereocenters. The molecule has 0 fully saturated rings. The third-order valence-electron chi connectivity index (χ3n) is 5.36. The summed E-state index contributed by atoms with van der Waals surface area (Å²) in [4.78, 5) is 26.8. The Kier molecular flexibility index (Phi) is 4.80. The number of carbonyl (C=O) groups is 1. The van der Waals surface area contributed by atoms with E-state index in [1.165, 1.54) is 17.0 Å². The lowest BCUT2D eigenvalue weighted by molar-refractivity contribution is -0.384. The van der Waals surface area contributed by atoms with Gasteiger partial charge in [-0.3, -0.25) is 19.8 Å². The van der Waals surface area contributed by atoms with E-state index in [0.717, 1.165) is 23.4 Å². The average Bonchev–Trinajstić information content (AvgIpc) is 3.38. The predicted octanol–water partition coefficient (Wildman–Crippen LogP) is 4.93. The molecular formula is C23H18N2O5S. The molecule has 0 bridgehead atoms. The van der Waals surface area contributed by atoms with Crippen LogP contribution in [0.4, 0.5) is 5.69 Å². The molecular weight excluding hydrogens is 416 g/mol. The Bertz CT molecular complexity index is 1220. The number of Topliss-reactive ketones (excluding diaryl/α,β-unsaturated/α-hetero) is 1. The van der Waals surface area contributed by atoms with Gasteiger partial charge in [0.1, 0.15) is 18.2 Å². The lowest BCUT2D eigenvalue weighted by atomic mass is 10.00. The zero-order valence-corrected chi connectivity index (χ0v) is 17.5. The van der Waals surface area contributed by atoms with Crippen LogP contribution in [0.2, 0.25) is 0 Å². The smallest absolute Gasteiger partial charge is 0.269 e. The van der Waals surface area contributed by atoms with Crippen molar-refractivity contribution < 1.29 is 19.2 Å². The second-order valence-electron chi connectivity index (χ2n) is 7.49. The highest BCUT2D eigenvalue weighted by atomic mass is 32.1. The van der Waals surface area contributed by atoms with Crippen molar-refractivity contribution in [2.45, 2.75) is 20.0 Å². The fraction of sp³-hybridized carbons (Fsp3) is 0.174. The maximum absolute atomic E-state index is 13.0. The van der Waals surface area contributed by atoms with E-state index >= 15 is 0 Å². The van der Waals surface area contributed by atoms with Gasteiger partial charge in [-0.1, -0.05) is 6.07 Å². The molecule has 7 nitrogen and oxygen atoms in total. The minimum Gasteiger partial charge on any atom is -0.477 e. The van der Waals surface area contributed by atoms with Crippen molar-refractivity contribution in [3.63, 3.8) is 0 Å². The number of rotatable bonds is 4. The standard InChI is InChI=1S/C23H18N2O5S/c1-14-22-16(11-24(13-29-22)12-18-3-2-8-31-18)10-19-21(26)20(30-23(14)19)9-15-4-6-17(7-5-15)25(27)28/h2-10H,11-13H2,1H3/b20-9-. The van der Waals surface area contributed by atoms with Crippen LogP contribution >= 0.6 is 11.3 Å². The van der Waals surface area contributed by atoms with Crippen LogP contribution in [0.3, 0.4) is 0 Å². The maximum atomic E-state index is 13.0. The van der Waals surface area contributed by atoms with Crippen LogP contribution in [0.1, 0.15) is 31.9 Å². The highest BCUT2D eigenvalue weighted by Gasteiger charge is 2.33. The zero-order chi connectivity index (χ0) is 21.5. The molecule has 2 aliphatic rings. The minimum atomic E-state index is -0.459. The van der Waals surface area contributed by atoms with Crippen molar-refractivity contribution in [1.82, 2.24) is 4.90 Å². The number of benzene rings is 2. The van der Waals surface area contributed by atoms with Crippen molar-refractivity contribution in [2.24, 2.45) is 0 Å². The third kappa shape index (κ3) is 3.60. The van der Waals surface area contributed by atoms with Crippen LogP contribution in [-0.2, 0) is 13.1 Å². The molecule has 0 N–H and O–H groups in total. The molecule has 2 aromatic carbocycles. The van der Waals surface area contributed by atoms with Gasteiger partial charge in [0.15, 0.2) is 5.76 Å². The van der Waals surface area contributed by atoms with Gasteiger partial charge in [0.05, 0.1) is 10.5 Å². The van der Waals surface area contributed by atoms with Gasteiger partial charge in [-0.2, -0.15) is 0 Å². The van der Waals surface area contributed by atoms with Crippen molar-refractivity contribution in [1.29, 1.82) is 0 Å². The topological polar surface area (TPSA) is 81.9 Å². The molecule has 0 saturated carbocycles. The Morgan fingerprint density at radius 1 is 1.23 bits per heavy atom. The summed E-state index contributed by atoms with van der Waals surface area (Å²) >= 11 is 1.71. The number of nitrogens with zero attached hydrogens (tertiary/aromatic N) is 2. The number of allylic oxidation sites excluding steroid dienone is 1. The zero-order valence-electron chi connectivity index (χ0n) is 16.7. The van der Waals surface area contributed by atoms with Crippen molar-refractivity contribution in [2.75, 3.05) is 6.73 Å². The second-order valence-corrected chi connectivity index (χ2v) is 8.53. The quantitative estimate of drug-likeness (QED) is 0.329. The Hall–Kier alpha value is -3.49. The molecule has 0 saturated heterocycles. The first kappa shape index (κ1) is 19.5. The molecule has 0 unspecified atom stereocenters. The molecule has 0 spiro atoms. The van der Waals surface area contributed by atoms with Crippen molar-refractivity contribution in [3.05, 3.63) is 90.8 Å². The van der Waals surface area contributed by atoms with E-state index in [2.05, 4.69) is 16.3 Å². The number of ketones is 1. The number of fused-ring (bicyclic) bond motifs is 2. The number of nitro benzene ring substituents is 1. The summed E-state index contributed by atoms with van der Waals surface area (Å²) in [6.07, 6.45) is 1.61. The fourth-order valence-electron chi connectivity index (χ4n) is 3.86. The summed E-state index contributed by atoms with van der Waals surface area (Å²) in [6, 6.07) is 12.0. The molecule has 156 valence electrons. The molecule has 0 aliphatic carbocycles. The van der Waals surface area contributed by atoms with Crippen molar-refractivity contribution in [3.8, 4) is 11.5 Å². The van der Waals surface area contributed by atoms with Gasteiger partial charge in [-0.25, -0.2) is 0 Å². The molecule has 31 heavy (non-hydrogen) atoms. The lowest BCUT2D eigenvalue weighted by Gasteiger charge is -2.30. The van der Waals surface area contributed by atoms with E-state index in [9.17, 15) is 14.9 Å². The van der Waals surface area contributed by atoms with Crippen LogP contribution in [-0.4, -0.2) is 22.3 Å². The van der Waals surface area contributed by atoms with E-state index in [0.29, 0.717) is 30.2 Å². The van der Waals surface area contributed by atoms with Crippen LogP contribution in [0.5, 0.6) is 11.5 Å². The number of nitro groups is 1. The van der Waals surface area contributed by atoms with Gasteiger partial charge >= 0.3 is 0 Å². The summed E-state index contributed by atoms with van der Waals surface area (Å²) in [5.41, 5.74) is 2.95. The Labute approximate surface area is 182 Å². The Morgan fingerprint density at radius 3 is 2.74 bits per heavy atom. The number of non-ortho nitro benzene ring substituents is 1. The first-order valence-electron chi connectivity index (χ1n) is 9.72. The molecule has 2 aliphatic heterocycles. The molecule has 5 rings (SSSR count). The van der Waals surface area contributed by atoms with Crippen LogP contribution in [0.15, 0.2) is 53.6 Å². The normalized spacial score (nSPS) is 16.5. The number of ether oxygens (including phenoxy) is 2. The lowest BCUT2D eigenvalue weighted by Crippen LogP contribution is -2.31. The summed E-state index contributed by atoms with van der Waals surface area (Å²) in [7, 11) is 0. The number of thiophene rings is 1. The van der Waals surface area contributed by atoms with E-state index in [-0.39, 0.29) is 17.2 Å². The summed E-state index contributed by atoms with van der Waals surface area (Å²) in [5.74, 6) is 1.29. The largest absolute Gasteiger partial charge is 0.477 e. The number of carbonyl (C=O) groups excluding carboxylic acids is 1. The average molecular weight is 434 g/mol. The Morgan fingerprint density at radius 2 is 2.03 bits per heavy atom. The number of hydrogen-bond acceptors (Lipinski definition) is 7. The van der Waals surface area contributed by atoms with E-state index < -0.39 is 4.92 Å². The van der Waals surface area contributed by atoms with Crippen molar-refractivity contribution >= 4 is 28.9 Å².